The second-order valence-corrected chi connectivity index (χ2v) is 2.77. The zero-order valence-corrected chi connectivity index (χ0v) is 7.59. The molecule has 0 aliphatic heterocycles. The molecule has 0 spiro atoms. The van der Waals surface area contributed by atoms with E-state index in [-0.39, 0.29) is 0 Å². The lowest BCUT2D eigenvalue weighted by molar-refractivity contribution is 0.436. The maximum absolute atomic E-state index is 4.39. The van der Waals surface area contributed by atoms with E-state index in [0.29, 0.717) is 6.04 Å². The van der Waals surface area contributed by atoms with Crippen molar-refractivity contribution in [2.45, 2.75) is 46.6 Å². The molecule has 0 N–H and O–H groups in total. The van der Waals surface area contributed by atoms with Crippen LogP contribution in [0.4, 0.5) is 0 Å². The van der Waals surface area contributed by atoms with Crippen LogP contribution in [0.1, 0.15) is 40.5 Å². The van der Waals surface area contributed by atoms with Crippen LogP contribution >= 0.6 is 0 Å². The van der Waals surface area contributed by atoms with Crippen molar-refractivity contribution in [2.75, 3.05) is 0 Å². The topological polar surface area (TPSA) is 12.4 Å². The summed E-state index contributed by atoms with van der Waals surface area (Å²) in [6.07, 6.45) is 4.31. The van der Waals surface area contributed by atoms with Gasteiger partial charge in [0.25, 0.3) is 0 Å². The Hall–Kier alpha value is -0.330. The summed E-state index contributed by atoms with van der Waals surface area (Å²) >= 11 is 0. The summed E-state index contributed by atoms with van der Waals surface area (Å²) in [6, 6.07) is 0.551. The number of hydrogen-bond acceptors (Lipinski definition) is 1. The maximum atomic E-state index is 4.39. The fraction of sp³-hybridized carbons (Fsp3) is 0.889. The van der Waals surface area contributed by atoms with Gasteiger partial charge in [-0.05, 0) is 25.5 Å². The van der Waals surface area contributed by atoms with Crippen LogP contribution in [0, 0.1) is 5.92 Å². The first-order chi connectivity index (χ1) is 4.76. The molecule has 1 unspecified atom stereocenters. The molecule has 10 heavy (non-hydrogen) atoms. The average Bonchev–Trinajstić information content (AvgIpc) is 1.99. The summed E-state index contributed by atoms with van der Waals surface area (Å²) in [5.74, 6) is 0.737. The first-order valence-electron chi connectivity index (χ1n) is 4.24. The average molecular weight is 141 g/mol. The number of aliphatic imine (C=N–C) groups is 1. The molecule has 0 aromatic heterocycles. The molecule has 0 aromatic carbocycles. The Morgan fingerprint density at radius 1 is 1.30 bits per heavy atom. The Morgan fingerprint density at radius 3 is 2.20 bits per heavy atom. The van der Waals surface area contributed by atoms with Crippen molar-refractivity contribution >= 4 is 6.21 Å². The first kappa shape index (κ1) is 9.67. The molecule has 2 atom stereocenters. The van der Waals surface area contributed by atoms with E-state index >= 15 is 0 Å². The van der Waals surface area contributed by atoms with Gasteiger partial charge in [-0.2, -0.15) is 0 Å². The van der Waals surface area contributed by atoms with Crippen molar-refractivity contribution in [1.29, 1.82) is 0 Å². The fourth-order valence-electron chi connectivity index (χ4n) is 1.12. The Kier molecular flexibility index (Phi) is 5.27. The predicted octanol–water partition coefficient (Wildman–Crippen LogP) is 2.90. The molecule has 0 aliphatic rings. The van der Waals surface area contributed by atoms with Gasteiger partial charge in [-0.3, -0.25) is 4.99 Å². The second kappa shape index (κ2) is 5.45. The zero-order chi connectivity index (χ0) is 7.98. The highest BCUT2D eigenvalue weighted by molar-refractivity contribution is 5.53. The van der Waals surface area contributed by atoms with Gasteiger partial charge in [-0.25, -0.2) is 0 Å². The van der Waals surface area contributed by atoms with Gasteiger partial charge in [0.05, 0.1) is 6.04 Å². The van der Waals surface area contributed by atoms with Crippen molar-refractivity contribution < 1.29 is 0 Å². The van der Waals surface area contributed by atoms with Crippen LogP contribution < -0.4 is 0 Å². The normalized spacial score (nSPS) is 17.6. The molecule has 1 heteroatoms. The van der Waals surface area contributed by atoms with Crippen molar-refractivity contribution in [3.05, 3.63) is 0 Å². The molecule has 0 heterocycles. The highest BCUT2D eigenvalue weighted by Crippen LogP contribution is 2.13. The van der Waals surface area contributed by atoms with E-state index in [4.69, 9.17) is 0 Å². The molecule has 0 saturated heterocycles. The van der Waals surface area contributed by atoms with E-state index < -0.39 is 0 Å². The summed E-state index contributed by atoms with van der Waals surface area (Å²) in [5.41, 5.74) is 0. The third-order valence-corrected chi connectivity index (χ3v) is 2.06. The van der Waals surface area contributed by atoms with E-state index in [1.165, 1.54) is 12.8 Å². The molecule has 1 nitrogen and oxygen atoms in total. The summed E-state index contributed by atoms with van der Waals surface area (Å²) in [5, 5.41) is 0. The predicted molar refractivity (Wildman–Crippen MR) is 47.7 cm³/mol. The van der Waals surface area contributed by atoms with Crippen molar-refractivity contribution in [1.82, 2.24) is 0 Å². The van der Waals surface area contributed by atoms with Gasteiger partial charge in [0.1, 0.15) is 0 Å². The molecule has 0 bridgehead atoms. The molecular weight excluding hydrogens is 122 g/mol. The Balaban J connectivity index is 3.79. The van der Waals surface area contributed by atoms with Crippen LogP contribution in [0.3, 0.4) is 0 Å². The molecular formula is C9H19N. The fourth-order valence-corrected chi connectivity index (χ4v) is 1.12. The molecule has 0 fully saturated rings. The smallest absolute Gasteiger partial charge is 0.0518 e. The standard InChI is InChI=1S/C9H19N/c1-5-8(4)9(6-2)10-7-3/h7-9H,5-6H2,1-4H3/t8-,9?/m1/s1. The van der Waals surface area contributed by atoms with Gasteiger partial charge >= 0.3 is 0 Å². The minimum atomic E-state index is 0.551. The van der Waals surface area contributed by atoms with E-state index in [0.717, 1.165) is 5.92 Å². The van der Waals surface area contributed by atoms with Crippen LogP contribution in [0.2, 0.25) is 0 Å². The van der Waals surface area contributed by atoms with E-state index in [1.54, 1.807) is 0 Å². The number of hydrogen-bond donors (Lipinski definition) is 0. The van der Waals surface area contributed by atoms with Crippen molar-refractivity contribution in [3.8, 4) is 0 Å². The van der Waals surface area contributed by atoms with E-state index in [1.807, 2.05) is 13.1 Å². The van der Waals surface area contributed by atoms with Crippen LogP contribution in [0.15, 0.2) is 4.99 Å². The van der Waals surface area contributed by atoms with Crippen molar-refractivity contribution in [2.24, 2.45) is 10.9 Å². The lowest BCUT2D eigenvalue weighted by atomic mass is 9.98. The molecule has 0 saturated carbocycles. The van der Waals surface area contributed by atoms with Gasteiger partial charge in [-0.15, -0.1) is 0 Å². The third-order valence-electron chi connectivity index (χ3n) is 2.06. The van der Waals surface area contributed by atoms with Gasteiger partial charge < -0.3 is 0 Å². The second-order valence-electron chi connectivity index (χ2n) is 2.77. The Morgan fingerprint density at radius 2 is 1.90 bits per heavy atom. The summed E-state index contributed by atoms with van der Waals surface area (Å²) < 4.78 is 0. The minimum absolute atomic E-state index is 0.551. The summed E-state index contributed by atoms with van der Waals surface area (Å²) in [6.45, 7) is 8.68. The van der Waals surface area contributed by atoms with Crippen LogP contribution in [0.25, 0.3) is 0 Å². The molecule has 60 valence electrons. The molecule has 0 radical (unpaired) electrons. The maximum Gasteiger partial charge on any atom is 0.0518 e. The highest BCUT2D eigenvalue weighted by Gasteiger charge is 2.09. The molecule has 0 rings (SSSR count). The van der Waals surface area contributed by atoms with Gasteiger partial charge in [0, 0.05) is 0 Å². The molecule has 0 aromatic rings. The van der Waals surface area contributed by atoms with Gasteiger partial charge in [0.15, 0.2) is 0 Å². The Bertz CT molecular complexity index is 96.9. The van der Waals surface area contributed by atoms with Crippen LogP contribution in [0.5, 0.6) is 0 Å². The quantitative estimate of drug-likeness (QED) is 0.534. The summed E-state index contributed by atoms with van der Waals surface area (Å²) in [4.78, 5) is 4.39. The van der Waals surface area contributed by atoms with Gasteiger partial charge in [0.2, 0.25) is 0 Å². The summed E-state index contributed by atoms with van der Waals surface area (Å²) in [7, 11) is 0. The largest absolute Gasteiger partial charge is 0.294 e. The zero-order valence-electron chi connectivity index (χ0n) is 7.59. The van der Waals surface area contributed by atoms with E-state index in [9.17, 15) is 0 Å². The molecule has 0 amide bonds. The van der Waals surface area contributed by atoms with Crippen LogP contribution in [-0.4, -0.2) is 12.3 Å². The first-order valence-corrected chi connectivity index (χ1v) is 4.24. The Labute approximate surface area is 64.6 Å². The van der Waals surface area contributed by atoms with Crippen molar-refractivity contribution in [3.63, 3.8) is 0 Å². The highest BCUT2D eigenvalue weighted by atomic mass is 14.8. The molecule has 0 aliphatic carbocycles. The minimum Gasteiger partial charge on any atom is -0.294 e. The number of rotatable bonds is 4. The van der Waals surface area contributed by atoms with E-state index in [2.05, 4.69) is 25.8 Å². The van der Waals surface area contributed by atoms with Gasteiger partial charge in [-0.1, -0.05) is 27.2 Å². The van der Waals surface area contributed by atoms with Crippen LogP contribution in [-0.2, 0) is 0 Å². The lowest BCUT2D eigenvalue weighted by Crippen LogP contribution is -2.13. The lowest BCUT2D eigenvalue weighted by Gasteiger charge is -2.15. The third kappa shape index (κ3) is 3.00. The number of nitrogens with zero attached hydrogens (tertiary/aromatic N) is 1. The monoisotopic (exact) mass is 141 g/mol. The SMILES string of the molecule is CC=NC(CC)[C@H](C)CC.